The van der Waals surface area contributed by atoms with E-state index >= 15 is 0 Å². The van der Waals surface area contributed by atoms with Gasteiger partial charge in [0.2, 0.25) is 0 Å². The molecule has 1 N–H and O–H groups in total. The Morgan fingerprint density at radius 1 is 1.41 bits per heavy atom. The van der Waals surface area contributed by atoms with Crippen LogP contribution in [0.15, 0.2) is 30.5 Å². The van der Waals surface area contributed by atoms with Crippen LogP contribution in [0, 0.1) is 12.7 Å². The van der Waals surface area contributed by atoms with Crippen LogP contribution in [0.25, 0.3) is 0 Å². The molecule has 0 saturated carbocycles. The summed E-state index contributed by atoms with van der Waals surface area (Å²) in [5.74, 6) is 0.0231. The van der Waals surface area contributed by atoms with Crippen LogP contribution in [-0.2, 0) is 6.42 Å². The maximum atomic E-state index is 13.4. The van der Waals surface area contributed by atoms with Crippen LogP contribution >= 0.6 is 11.3 Å². The van der Waals surface area contributed by atoms with Gasteiger partial charge >= 0.3 is 0 Å². The highest BCUT2D eigenvalue weighted by Gasteiger charge is 2.08. The fourth-order valence-corrected chi connectivity index (χ4v) is 2.69. The number of aromatic nitrogens is 1. The fourth-order valence-electron chi connectivity index (χ4n) is 1.67. The van der Waals surface area contributed by atoms with Gasteiger partial charge in [-0.1, -0.05) is 0 Å². The van der Waals surface area contributed by atoms with E-state index in [0.29, 0.717) is 5.82 Å². The van der Waals surface area contributed by atoms with E-state index in [2.05, 4.69) is 29.4 Å². The smallest absolute Gasteiger partial charge is 0.165 e. The molecule has 1 unspecified atom stereocenters. The number of aryl methyl sites for hydroxylation is 1. The van der Waals surface area contributed by atoms with Gasteiger partial charge in [-0.05, 0) is 38.1 Å². The Labute approximate surface area is 105 Å². The van der Waals surface area contributed by atoms with Gasteiger partial charge in [0, 0.05) is 28.4 Å². The van der Waals surface area contributed by atoms with Crippen molar-refractivity contribution < 1.29 is 4.39 Å². The summed E-state index contributed by atoms with van der Waals surface area (Å²) in [4.78, 5) is 6.59. The van der Waals surface area contributed by atoms with Crippen molar-refractivity contribution in [2.75, 3.05) is 5.32 Å². The second-order valence-electron chi connectivity index (χ2n) is 4.10. The molecule has 2 heterocycles. The molecule has 0 aliphatic heterocycles. The summed E-state index contributed by atoms with van der Waals surface area (Å²) in [5.41, 5.74) is 0. The fraction of sp³-hybridized carbons (Fsp3) is 0.308. The van der Waals surface area contributed by atoms with Gasteiger partial charge in [-0.15, -0.1) is 11.3 Å². The van der Waals surface area contributed by atoms with E-state index in [1.165, 1.54) is 15.8 Å². The lowest BCUT2D eigenvalue weighted by molar-refractivity contribution is 0.619. The molecule has 0 bridgehead atoms. The minimum absolute atomic E-state index is 0.164. The van der Waals surface area contributed by atoms with Gasteiger partial charge in [0.05, 0.1) is 0 Å². The first-order chi connectivity index (χ1) is 8.15. The summed E-state index contributed by atoms with van der Waals surface area (Å²) in [7, 11) is 0. The Kier molecular flexibility index (Phi) is 3.74. The average Bonchev–Trinajstić information content (AvgIpc) is 2.67. The SMILES string of the molecule is Cc1ccc(CC(C)Nc2ncccc2F)s1. The molecule has 0 aromatic carbocycles. The van der Waals surface area contributed by atoms with Crippen LogP contribution in [0.4, 0.5) is 10.2 Å². The lowest BCUT2D eigenvalue weighted by Crippen LogP contribution is -2.19. The summed E-state index contributed by atoms with van der Waals surface area (Å²) in [6.07, 6.45) is 2.47. The zero-order chi connectivity index (χ0) is 12.3. The molecular formula is C13H15FN2S. The van der Waals surface area contributed by atoms with Crippen molar-refractivity contribution in [3.05, 3.63) is 46.0 Å². The van der Waals surface area contributed by atoms with Crippen LogP contribution in [0.5, 0.6) is 0 Å². The second-order valence-corrected chi connectivity index (χ2v) is 5.47. The third-order valence-electron chi connectivity index (χ3n) is 2.44. The maximum absolute atomic E-state index is 13.4. The quantitative estimate of drug-likeness (QED) is 0.896. The molecular weight excluding hydrogens is 235 g/mol. The molecule has 0 amide bonds. The van der Waals surface area contributed by atoms with Crippen LogP contribution < -0.4 is 5.32 Å². The van der Waals surface area contributed by atoms with Crippen LogP contribution in [0.3, 0.4) is 0 Å². The predicted octanol–water partition coefficient (Wildman–Crippen LogP) is 3.63. The summed E-state index contributed by atoms with van der Waals surface area (Å²) < 4.78 is 13.4. The summed E-state index contributed by atoms with van der Waals surface area (Å²) in [6.45, 7) is 4.12. The average molecular weight is 250 g/mol. The van der Waals surface area contributed by atoms with E-state index < -0.39 is 0 Å². The first kappa shape index (κ1) is 12.0. The Morgan fingerprint density at radius 2 is 2.24 bits per heavy atom. The number of anilines is 1. The number of nitrogens with one attached hydrogen (secondary N) is 1. The van der Waals surface area contributed by atoms with Crippen molar-refractivity contribution in [1.82, 2.24) is 4.98 Å². The van der Waals surface area contributed by atoms with Crippen LogP contribution in [0.2, 0.25) is 0 Å². The molecule has 2 aromatic rings. The van der Waals surface area contributed by atoms with Gasteiger partial charge in [-0.3, -0.25) is 0 Å². The van der Waals surface area contributed by atoms with Crippen LogP contribution in [-0.4, -0.2) is 11.0 Å². The van der Waals surface area contributed by atoms with E-state index in [1.54, 1.807) is 23.6 Å². The Balaban J connectivity index is 1.98. The standard InChI is InChI=1S/C13H15FN2S/c1-9(8-11-6-5-10(2)17-11)16-13-12(14)4-3-7-15-13/h3-7,9H,8H2,1-2H3,(H,15,16). The molecule has 2 nitrogen and oxygen atoms in total. The lowest BCUT2D eigenvalue weighted by Gasteiger charge is -2.13. The highest BCUT2D eigenvalue weighted by Crippen LogP contribution is 2.18. The zero-order valence-electron chi connectivity index (χ0n) is 9.90. The number of halogens is 1. The molecule has 17 heavy (non-hydrogen) atoms. The lowest BCUT2D eigenvalue weighted by atomic mass is 10.2. The van der Waals surface area contributed by atoms with Crippen molar-refractivity contribution in [2.24, 2.45) is 0 Å². The summed E-state index contributed by atoms with van der Waals surface area (Å²) >= 11 is 1.78. The van der Waals surface area contributed by atoms with Gasteiger partial charge < -0.3 is 5.32 Å². The van der Waals surface area contributed by atoms with Crippen molar-refractivity contribution in [1.29, 1.82) is 0 Å². The number of nitrogens with zero attached hydrogens (tertiary/aromatic N) is 1. The van der Waals surface area contributed by atoms with Gasteiger partial charge in [0.15, 0.2) is 11.6 Å². The van der Waals surface area contributed by atoms with E-state index in [4.69, 9.17) is 0 Å². The topological polar surface area (TPSA) is 24.9 Å². The minimum atomic E-state index is -0.304. The third kappa shape index (κ3) is 3.27. The van der Waals surface area contributed by atoms with Crippen molar-refractivity contribution in [2.45, 2.75) is 26.3 Å². The summed E-state index contributed by atoms with van der Waals surface area (Å²) in [5, 5.41) is 3.09. The van der Waals surface area contributed by atoms with Crippen molar-refractivity contribution in [3.63, 3.8) is 0 Å². The highest BCUT2D eigenvalue weighted by molar-refractivity contribution is 7.11. The van der Waals surface area contributed by atoms with Gasteiger partial charge in [-0.2, -0.15) is 0 Å². The molecule has 0 aliphatic rings. The molecule has 0 radical (unpaired) electrons. The normalized spacial score (nSPS) is 12.4. The van der Waals surface area contributed by atoms with Gasteiger partial charge in [-0.25, -0.2) is 9.37 Å². The van der Waals surface area contributed by atoms with Crippen molar-refractivity contribution >= 4 is 17.2 Å². The number of hydrogen-bond acceptors (Lipinski definition) is 3. The molecule has 2 aromatic heterocycles. The molecule has 0 fully saturated rings. The molecule has 0 aliphatic carbocycles. The minimum Gasteiger partial charge on any atom is -0.365 e. The number of pyridine rings is 1. The van der Waals surface area contributed by atoms with Crippen molar-refractivity contribution in [3.8, 4) is 0 Å². The van der Waals surface area contributed by atoms with Crippen LogP contribution in [0.1, 0.15) is 16.7 Å². The Morgan fingerprint density at radius 3 is 2.88 bits per heavy atom. The Bertz CT molecular complexity index is 496. The van der Waals surface area contributed by atoms with E-state index in [9.17, 15) is 4.39 Å². The number of rotatable bonds is 4. The molecule has 4 heteroatoms. The van der Waals surface area contributed by atoms with E-state index in [-0.39, 0.29) is 11.9 Å². The summed E-state index contributed by atoms with van der Waals surface area (Å²) in [6, 6.07) is 7.39. The first-order valence-corrected chi connectivity index (χ1v) is 6.39. The monoisotopic (exact) mass is 250 g/mol. The number of thiophene rings is 1. The second kappa shape index (κ2) is 5.27. The maximum Gasteiger partial charge on any atom is 0.165 e. The largest absolute Gasteiger partial charge is 0.365 e. The molecule has 2 rings (SSSR count). The Hall–Kier alpha value is -1.42. The molecule has 0 spiro atoms. The van der Waals surface area contributed by atoms with E-state index in [1.807, 2.05) is 6.92 Å². The third-order valence-corrected chi connectivity index (χ3v) is 3.47. The van der Waals surface area contributed by atoms with Gasteiger partial charge in [0.1, 0.15) is 0 Å². The molecule has 90 valence electrons. The highest BCUT2D eigenvalue weighted by atomic mass is 32.1. The molecule has 1 atom stereocenters. The molecule has 0 saturated heterocycles. The zero-order valence-corrected chi connectivity index (χ0v) is 10.7. The van der Waals surface area contributed by atoms with E-state index in [0.717, 1.165) is 6.42 Å². The van der Waals surface area contributed by atoms with Gasteiger partial charge in [0.25, 0.3) is 0 Å². The first-order valence-electron chi connectivity index (χ1n) is 5.57. The number of hydrogen-bond donors (Lipinski definition) is 1. The predicted molar refractivity (Wildman–Crippen MR) is 70.0 cm³/mol.